The van der Waals surface area contributed by atoms with Gasteiger partial charge in [-0.15, -0.1) is 0 Å². The van der Waals surface area contributed by atoms with Crippen LogP contribution in [0.2, 0.25) is 10.0 Å². The van der Waals surface area contributed by atoms with Gasteiger partial charge in [-0.25, -0.2) is 9.37 Å². The van der Waals surface area contributed by atoms with Gasteiger partial charge in [0, 0.05) is 59.2 Å². The van der Waals surface area contributed by atoms with Crippen molar-refractivity contribution in [3.8, 4) is 0 Å². The quantitative estimate of drug-likeness (QED) is 0.239. The first-order valence-corrected chi connectivity index (χ1v) is 14.9. The van der Waals surface area contributed by atoms with Crippen LogP contribution >= 0.6 is 23.2 Å². The average Bonchev–Trinajstić information content (AvgIpc) is 3.41. The van der Waals surface area contributed by atoms with Crippen LogP contribution in [-0.2, 0) is 16.9 Å². The number of carbonyl (C=O) groups excluding carboxylic acids is 2. The number of anilines is 1. The number of fused-ring (bicyclic) bond motifs is 7. The predicted octanol–water partition coefficient (Wildman–Crippen LogP) is 7.53. The summed E-state index contributed by atoms with van der Waals surface area (Å²) in [5.74, 6) is -0.215. The van der Waals surface area contributed by atoms with Crippen LogP contribution in [-0.4, -0.2) is 38.7 Å². The number of halogens is 3. The fourth-order valence-corrected chi connectivity index (χ4v) is 8.09. The van der Waals surface area contributed by atoms with Crippen molar-refractivity contribution in [2.75, 3.05) is 11.9 Å². The van der Waals surface area contributed by atoms with Crippen molar-refractivity contribution in [2.45, 2.75) is 63.6 Å². The van der Waals surface area contributed by atoms with Crippen molar-refractivity contribution in [1.29, 1.82) is 0 Å². The first-order chi connectivity index (χ1) is 19.8. The fraction of sp³-hybridized carbons (Fsp3) is 0.364. The maximum atomic E-state index is 16.1. The average molecular weight is 606 g/mol. The Morgan fingerprint density at radius 2 is 1.95 bits per heavy atom. The summed E-state index contributed by atoms with van der Waals surface area (Å²) in [5, 5.41) is 3.66. The van der Waals surface area contributed by atoms with Crippen LogP contribution in [0.4, 0.5) is 10.1 Å². The molecule has 8 rings (SSSR count). The number of hydrogen-bond acceptors (Lipinski definition) is 4. The predicted molar refractivity (Wildman–Crippen MR) is 163 cm³/mol. The number of Topliss-reactive ketones (excluding diaryl/α,β-unsaturated/α-hetero) is 1. The van der Waals surface area contributed by atoms with E-state index in [0.717, 1.165) is 41.8 Å². The Kier molecular flexibility index (Phi) is 6.32. The maximum absolute atomic E-state index is 16.1. The van der Waals surface area contributed by atoms with E-state index in [0.29, 0.717) is 40.7 Å². The molecule has 4 aliphatic rings. The molecule has 4 aromatic rings. The van der Waals surface area contributed by atoms with Gasteiger partial charge in [-0.3, -0.25) is 14.5 Å². The second kappa shape index (κ2) is 9.63. The maximum Gasteiger partial charge on any atom is 0.250 e. The number of benzene rings is 3. The number of carbonyl (C=O) groups is 2. The molecule has 1 saturated heterocycles. The zero-order valence-electron chi connectivity index (χ0n) is 22.3. The Hall–Kier alpha value is -3.26. The van der Waals surface area contributed by atoms with Gasteiger partial charge in [0.05, 0.1) is 16.1 Å². The molecule has 216 valence electrons. The van der Waals surface area contributed by atoms with Crippen LogP contribution in [0, 0.1) is 11.7 Å². The van der Waals surface area contributed by atoms with E-state index in [2.05, 4.69) is 14.8 Å². The molecule has 4 atom stereocenters. The molecule has 1 spiro atoms. The lowest BCUT2D eigenvalue weighted by Gasteiger charge is -2.40. The Morgan fingerprint density at radius 3 is 2.71 bits per heavy atom. The Bertz CT molecular complexity index is 1800. The van der Waals surface area contributed by atoms with E-state index in [9.17, 15) is 9.59 Å². The molecule has 4 heterocycles. The summed E-state index contributed by atoms with van der Waals surface area (Å²) in [5.41, 5.74) is 3.03. The molecule has 42 heavy (non-hydrogen) atoms. The molecule has 1 amide bonds. The number of nitrogens with one attached hydrogen (secondary N) is 1. The van der Waals surface area contributed by atoms with Crippen LogP contribution in [0.15, 0.2) is 54.6 Å². The summed E-state index contributed by atoms with van der Waals surface area (Å²) in [6, 6.07) is 16.1. The standard InChI is InChI=1S/C32H27Cl2FN4O2.CH4/c1-2-26(40)17-8-11-24-23(12-17)36-30-27-25(15-38(24)30)39(14-16-6-7-16)32(28(27)19-4-3-5-21(34)29(19)35)20-10-9-18(33)13-22(20)37-31(32)41;/h3-5,8-13,16,25,27-28H,2,6-7,14-15H2,1H3,(H,37,41);1H4/t25-,27+,28-,32+;/m0./s1. The van der Waals surface area contributed by atoms with Crippen molar-refractivity contribution in [3.63, 3.8) is 0 Å². The number of hydrogen-bond donors (Lipinski definition) is 1. The number of rotatable bonds is 5. The molecular weight excluding hydrogens is 574 g/mol. The first-order valence-electron chi connectivity index (χ1n) is 14.2. The number of amides is 1. The number of aromatic nitrogens is 2. The summed E-state index contributed by atoms with van der Waals surface area (Å²) in [6.45, 7) is 3.19. The molecule has 0 radical (unpaired) electrons. The van der Waals surface area contributed by atoms with Gasteiger partial charge in [0.15, 0.2) is 5.78 Å². The molecule has 3 aromatic carbocycles. The van der Waals surface area contributed by atoms with Gasteiger partial charge in [0.1, 0.15) is 17.2 Å². The van der Waals surface area contributed by atoms with Gasteiger partial charge in [-0.2, -0.15) is 0 Å². The summed E-state index contributed by atoms with van der Waals surface area (Å²) in [6.07, 6.45) is 2.63. The van der Waals surface area contributed by atoms with E-state index in [4.69, 9.17) is 28.2 Å². The largest absolute Gasteiger partial charge is 0.326 e. The Morgan fingerprint density at radius 1 is 1.14 bits per heavy atom. The van der Waals surface area contributed by atoms with Gasteiger partial charge in [0.2, 0.25) is 5.91 Å². The molecule has 6 nitrogen and oxygen atoms in total. The lowest BCUT2D eigenvalue weighted by atomic mass is 9.71. The highest BCUT2D eigenvalue weighted by Crippen LogP contribution is 2.65. The Labute approximate surface area is 253 Å². The highest BCUT2D eigenvalue weighted by Gasteiger charge is 2.69. The van der Waals surface area contributed by atoms with Gasteiger partial charge in [-0.1, -0.05) is 55.8 Å². The third-order valence-corrected chi connectivity index (χ3v) is 10.1. The fourth-order valence-electron chi connectivity index (χ4n) is 7.73. The highest BCUT2D eigenvalue weighted by atomic mass is 35.5. The SMILES string of the molecule is C.CCC(=O)c1ccc2c(c1)nc1n2C[C@H]2[C@@H]1[C@H](c1cccc(Cl)c1F)[C@]1(C(=O)Nc3cc(Cl)ccc31)N2CC1CC1. The van der Waals surface area contributed by atoms with E-state index in [1.165, 1.54) is 0 Å². The lowest BCUT2D eigenvalue weighted by Crippen LogP contribution is -2.53. The molecule has 1 N–H and O–H groups in total. The normalized spacial score (nSPS) is 25.8. The summed E-state index contributed by atoms with van der Waals surface area (Å²) in [4.78, 5) is 34.3. The molecular formula is C33H31Cl2FN4O2. The first kappa shape index (κ1) is 27.6. The molecule has 1 saturated carbocycles. The van der Waals surface area contributed by atoms with Gasteiger partial charge in [-0.05, 0) is 60.7 Å². The van der Waals surface area contributed by atoms with E-state index >= 15 is 4.39 Å². The van der Waals surface area contributed by atoms with Crippen LogP contribution in [0.3, 0.4) is 0 Å². The number of imidazole rings is 1. The summed E-state index contributed by atoms with van der Waals surface area (Å²) >= 11 is 12.8. The van der Waals surface area contributed by atoms with Crippen LogP contribution < -0.4 is 5.32 Å². The number of likely N-dealkylation sites (tertiary alicyclic amines) is 1. The van der Waals surface area contributed by atoms with Crippen LogP contribution in [0.1, 0.15) is 72.8 Å². The van der Waals surface area contributed by atoms with E-state index in [-0.39, 0.29) is 36.1 Å². The van der Waals surface area contributed by atoms with Crippen molar-refractivity contribution in [1.82, 2.24) is 14.5 Å². The molecule has 0 unspecified atom stereocenters. The lowest BCUT2D eigenvalue weighted by molar-refractivity contribution is -0.128. The van der Waals surface area contributed by atoms with Gasteiger partial charge < -0.3 is 9.88 Å². The minimum Gasteiger partial charge on any atom is -0.326 e. The zero-order chi connectivity index (χ0) is 28.2. The van der Waals surface area contributed by atoms with Crippen molar-refractivity contribution in [3.05, 3.63) is 93.0 Å². The minimum absolute atomic E-state index is 0. The summed E-state index contributed by atoms with van der Waals surface area (Å²) < 4.78 is 18.3. The third-order valence-electron chi connectivity index (χ3n) is 9.62. The number of ketones is 1. The second-order valence-corrected chi connectivity index (χ2v) is 12.6. The zero-order valence-corrected chi connectivity index (χ0v) is 23.8. The molecule has 9 heteroatoms. The monoisotopic (exact) mass is 604 g/mol. The molecule has 1 aliphatic carbocycles. The van der Waals surface area contributed by atoms with E-state index in [1.807, 2.05) is 31.2 Å². The highest BCUT2D eigenvalue weighted by molar-refractivity contribution is 6.31. The molecule has 3 aliphatic heterocycles. The van der Waals surface area contributed by atoms with Crippen molar-refractivity contribution in [2.24, 2.45) is 5.92 Å². The smallest absolute Gasteiger partial charge is 0.250 e. The van der Waals surface area contributed by atoms with Crippen LogP contribution in [0.5, 0.6) is 0 Å². The summed E-state index contributed by atoms with van der Waals surface area (Å²) in [7, 11) is 0. The molecule has 1 aromatic heterocycles. The van der Waals surface area contributed by atoms with Gasteiger partial charge in [0.25, 0.3) is 0 Å². The van der Waals surface area contributed by atoms with Gasteiger partial charge >= 0.3 is 0 Å². The second-order valence-electron chi connectivity index (χ2n) is 11.8. The van der Waals surface area contributed by atoms with Crippen molar-refractivity contribution >= 4 is 51.6 Å². The minimum atomic E-state index is -1.16. The van der Waals surface area contributed by atoms with E-state index in [1.54, 1.807) is 30.3 Å². The Balaban J connectivity index is 0.00000288. The van der Waals surface area contributed by atoms with Crippen molar-refractivity contribution < 1.29 is 14.0 Å². The third kappa shape index (κ3) is 3.63. The molecule has 2 fully saturated rings. The topological polar surface area (TPSA) is 67.2 Å². The molecule has 0 bridgehead atoms. The van der Waals surface area contributed by atoms with Crippen LogP contribution in [0.25, 0.3) is 11.0 Å². The number of nitrogens with zero attached hydrogens (tertiary/aromatic N) is 3. The van der Waals surface area contributed by atoms with E-state index < -0.39 is 17.3 Å².